The van der Waals surface area contributed by atoms with Gasteiger partial charge in [0, 0.05) is 32.5 Å². The predicted octanol–water partition coefficient (Wildman–Crippen LogP) is -3.30. The van der Waals surface area contributed by atoms with Crippen LogP contribution in [0, 0.1) is 5.92 Å². The van der Waals surface area contributed by atoms with E-state index in [2.05, 4.69) is 26.9 Å². The Hall–Kier alpha value is -3.65. The largest absolute Gasteiger partial charge is 0.454 e. The number of aliphatic hydroxyl groups excluding tert-OH is 3. The van der Waals surface area contributed by atoms with Gasteiger partial charge in [-0.1, -0.05) is 38.2 Å². The number of halogens is 1. The minimum absolute atomic E-state index is 0.0381. The molecule has 0 bridgehead atoms. The summed E-state index contributed by atoms with van der Waals surface area (Å²) in [4.78, 5) is 82.4. The molecule has 19 heteroatoms. The average molecular weight is 727 g/mol. The SMILES string of the molecule is CC(C)/C=C/C=C/C[C@@H]1NC(=O)[C@H]2C[C@@H](O)CNN2C(=O)COC(=O)[C@](C)(CO)NC(=O)C2C[C@H](O)CNN2C(=O)[C@H]2C[C@H](Cl)CNN2C1=O. The molecular weight excluding hydrogens is 680 g/mol. The van der Waals surface area contributed by atoms with Crippen LogP contribution in [0.25, 0.3) is 0 Å². The highest BCUT2D eigenvalue weighted by molar-refractivity contribution is 6.21. The summed E-state index contributed by atoms with van der Waals surface area (Å²) in [5.41, 5.74) is 6.15. The molecule has 4 aliphatic heterocycles. The number of nitrogens with zero attached hydrogens (tertiary/aromatic N) is 3. The molecule has 0 aromatic rings. The number of esters is 1. The van der Waals surface area contributed by atoms with Gasteiger partial charge in [0.1, 0.15) is 24.2 Å². The Morgan fingerprint density at radius 2 is 1.46 bits per heavy atom. The molecule has 1 unspecified atom stereocenters. The molecule has 0 aliphatic carbocycles. The molecule has 5 amide bonds. The number of alkyl halides is 1. The van der Waals surface area contributed by atoms with E-state index in [9.17, 15) is 44.1 Å². The average Bonchev–Trinajstić information content (AvgIpc) is 3.08. The molecule has 4 heterocycles. The zero-order valence-corrected chi connectivity index (χ0v) is 29.0. The Kier molecular flexibility index (Phi) is 13.3. The molecule has 0 aromatic carbocycles. The number of aliphatic hydroxyl groups is 3. The Labute approximate surface area is 294 Å². The molecule has 18 nitrogen and oxygen atoms in total. The molecule has 8 N–H and O–H groups in total. The summed E-state index contributed by atoms with van der Waals surface area (Å²) < 4.78 is 5.17. The van der Waals surface area contributed by atoms with Crippen molar-refractivity contribution in [2.75, 3.05) is 32.8 Å². The van der Waals surface area contributed by atoms with Crippen LogP contribution in [0.3, 0.4) is 0 Å². The van der Waals surface area contributed by atoms with E-state index in [4.69, 9.17) is 16.3 Å². The van der Waals surface area contributed by atoms with E-state index < -0.39 is 96.0 Å². The number of β-amino-alcohol motifs (C(OH)–C–C–N with tert-alkyl or cyclic N) is 2. The number of rotatable bonds is 5. The van der Waals surface area contributed by atoms with Crippen LogP contribution in [0.5, 0.6) is 0 Å². The van der Waals surface area contributed by atoms with Crippen molar-refractivity contribution >= 4 is 47.1 Å². The van der Waals surface area contributed by atoms with E-state index in [1.165, 1.54) is 0 Å². The molecule has 0 spiro atoms. The van der Waals surface area contributed by atoms with Crippen molar-refractivity contribution in [1.29, 1.82) is 0 Å². The van der Waals surface area contributed by atoms with E-state index in [0.717, 1.165) is 22.0 Å². The number of hydrogen-bond donors (Lipinski definition) is 8. The van der Waals surface area contributed by atoms with E-state index in [0.29, 0.717) is 0 Å². The van der Waals surface area contributed by atoms with Crippen molar-refractivity contribution < 1.29 is 48.8 Å². The van der Waals surface area contributed by atoms with Crippen LogP contribution in [-0.4, -0.2) is 146 Å². The van der Waals surface area contributed by atoms with E-state index in [1.54, 1.807) is 18.2 Å². The summed E-state index contributed by atoms with van der Waals surface area (Å²) in [7, 11) is 0. The van der Waals surface area contributed by atoms with Crippen molar-refractivity contribution in [3.8, 4) is 0 Å². The third-order valence-corrected chi connectivity index (χ3v) is 9.07. The number of carbonyl (C=O) groups excluding carboxylic acids is 6. The highest BCUT2D eigenvalue weighted by Crippen LogP contribution is 2.23. The molecular formula is C31H47ClN8O10. The van der Waals surface area contributed by atoms with E-state index in [-0.39, 0.29) is 51.2 Å². The Bertz CT molecular complexity index is 1370. The van der Waals surface area contributed by atoms with Gasteiger partial charge in [0.05, 0.1) is 24.2 Å². The normalized spacial score (nSPS) is 34.2. The molecule has 4 saturated heterocycles. The first-order valence-electron chi connectivity index (χ1n) is 16.6. The number of allylic oxidation sites excluding steroid dienone is 3. The molecule has 4 rings (SSSR count). The molecule has 278 valence electrons. The minimum Gasteiger partial charge on any atom is -0.454 e. The molecule has 50 heavy (non-hydrogen) atoms. The van der Waals surface area contributed by atoms with Gasteiger partial charge in [0.25, 0.3) is 17.7 Å². The fourth-order valence-corrected chi connectivity index (χ4v) is 6.15. The van der Waals surface area contributed by atoms with Gasteiger partial charge in [-0.2, -0.15) is 0 Å². The van der Waals surface area contributed by atoms with Crippen LogP contribution in [0.15, 0.2) is 24.3 Å². The maximum atomic E-state index is 14.3. The smallest absolute Gasteiger partial charge is 0.334 e. The molecule has 4 fully saturated rings. The Morgan fingerprint density at radius 1 is 0.860 bits per heavy atom. The summed E-state index contributed by atoms with van der Waals surface area (Å²) >= 11 is 6.46. The molecule has 0 radical (unpaired) electrons. The highest BCUT2D eigenvalue weighted by Gasteiger charge is 2.48. The quantitative estimate of drug-likeness (QED) is 0.0788. The van der Waals surface area contributed by atoms with Crippen molar-refractivity contribution in [2.45, 2.75) is 93.7 Å². The summed E-state index contributed by atoms with van der Waals surface area (Å²) in [5, 5.41) is 38.3. The number of hydrogen-bond acceptors (Lipinski definition) is 13. The summed E-state index contributed by atoms with van der Waals surface area (Å²) in [6.07, 6.45) is 4.36. The second-order valence-electron chi connectivity index (χ2n) is 13.3. The van der Waals surface area contributed by atoms with Crippen molar-refractivity contribution in [1.82, 2.24) is 41.9 Å². The number of hydrazine groups is 3. The Morgan fingerprint density at radius 3 is 2.10 bits per heavy atom. The first kappa shape index (κ1) is 39.1. The van der Waals surface area contributed by atoms with Gasteiger partial charge in [-0.25, -0.2) is 21.1 Å². The van der Waals surface area contributed by atoms with Crippen molar-refractivity contribution in [3.63, 3.8) is 0 Å². The van der Waals surface area contributed by atoms with Crippen molar-refractivity contribution in [3.05, 3.63) is 24.3 Å². The van der Waals surface area contributed by atoms with Crippen LogP contribution in [0.2, 0.25) is 0 Å². The first-order chi connectivity index (χ1) is 23.6. The van der Waals surface area contributed by atoms with Gasteiger partial charge in [0.2, 0.25) is 11.8 Å². The Balaban J connectivity index is 1.77. The van der Waals surface area contributed by atoms with Gasteiger partial charge in [0.15, 0.2) is 12.1 Å². The number of cyclic esters (lactones) is 1. The lowest BCUT2D eigenvalue weighted by Crippen LogP contribution is -2.71. The van der Waals surface area contributed by atoms with Gasteiger partial charge < -0.3 is 30.7 Å². The van der Waals surface area contributed by atoms with Gasteiger partial charge in [-0.15, -0.1) is 11.6 Å². The fourth-order valence-electron chi connectivity index (χ4n) is 5.91. The highest BCUT2D eigenvalue weighted by atomic mass is 35.5. The van der Waals surface area contributed by atoms with Crippen LogP contribution >= 0.6 is 11.6 Å². The molecule has 8 atom stereocenters. The molecule has 0 saturated carbocycles. The number of ether oxygens (including phenoxy) is 1. The van der Waals surface area contributed by atoms with Gasteiger partial charge in [-0.3, -0.25) is 39.0 Å². The third-order valence-electron chi connectivity index (χ3n) is 8.74. The number of nitrogens with one attached hydrogen (secondary N) is 5. The molecule has 4 aliphatic rings. The third kappa shape index (κ3) is 9.36. The topological polar surface area (TPSA) is 242 Å². The maximum Gasteiger partial charge on any atom is 0.334 e. The van der Waals surface area contributed by atoms with Gasteiger partial charge >= 0.3 is 5.97 Å². The van der Waals surface area contributed by atoms with E-state index in [1.807, 2.05) is 19.9 Å². The second kappa shape index (κ2) is 17.0. The fraction of sp³-hybridized carbons (Fsp3) is 0.677. The zero-order valence-electron chi connectivity index (χ0n) is 28.2. The lowest BCUT2D eigenvalue weighted by molar-refractivity contribution is -0.167. The monoisotopic (exact) mass is 726 g/mol. The van der Waals surface area contributed by atoms with Crippen molar-refractivity contribution in [2.24, 2.45) is 5.92 Å². The first-order valence-corrected chi connectivity index (χ1v) is 17.0. The van der Waals surface area contributed by atoms with Crippen LogP contribution in [0.1, 0.15) is 46.5 Å². The maximum absolute atomic E-state index is 14.3. The lowest BCUT2D eigenvalue weighted by Gasteiger charge is -2.44. The molecule has 0 aromatic heterocycles. The number of fused-ring (bicyclic) bond motifs is 3. The number of amides is 5. The van der Waals surface area contributed by atoms with Crippen LogP contribution in [0.4, 0.5) is 0 Å². The second-order valence-corrected chi connectivity index (χ2v) is 14.0. The number of carbonyl (C=O) groups is 6. The van der Waals surface area contributed by atoms with Gasteiger partial charge in [-0.05, 0) is 25.7 Å². The van der Waals surface area contributed by atoms with Crippen LogP contribution in [-0.2, 0) is 33.5 Å². The lowest BCUT2D eigenvalue weighted by atomic mass is 9.98. The zero-order chi connectivity index (χ0) is 36.7. The minimum atomic E-state index is -2.09. The standard InChI is InChI=1S/C31H47ClN8O10/c1-17(2)7-5-4-6-8-21-28(47)40-24(9-18(32)12-33-40)29(48)39-23(11-20(43)14-35-39)27(46)37-31(3,16-41)30(49)50-15-25(44)38-22(26(45)36-21)10-19(42)13-34-38/h4-7,17-24,33-35,41-43H,8-16H2,1-3H3,(H,36,45)(H,37,46)/b6-4+,7-5+/t18-,19+,20-,21-,22+,23?,24+,31-/m0/s1. The summed E-state index contributed by atoms with van der Waals surface area (Å²) in [6, 6.07) is -5.36. The summed E-state index contributed by atoms with van der Waals surface area (Å²) in [5.74, 6) is -5.07. The van der Waals surface area contributed by atoms with Crippen LogP contribution < -0.4 is 26.9 Å². The van der Waals surface area contributed by atoms with E-state index >= 15 is 0 Å². The summed E-state index contributed by atoms with van der Waals surface area (Å²) in [6.45, 7) is 3.09. The predicted molar refractivity (Wildman–Crippen MR) is 176 cm³/mol.